The monoisotopic (exact) mass is 337 g/mol. The van der Waals surface area contributed by atoms with Gasteiger partial charge in [-0.15, -0.1) is 0 Å². The zero-order chi connectivity index (χ0) is 17.5. The van der Waals surface area contributed by atoms with Crippen molar-refractivity contribution in [2.24, 2.45) is 0 Å². The molecule has 1 aliphatic heterocycles. The van der Waals surface area contributed by atoms with Crippen molar-refractivity contribution < 1.29 is 24.0 Å². The summed E-state index contributed by atoms with van der Waals surface area (Å²) >= 11 is 0. The van der Waals surface area contributed by atoms with Gasteiger partial charge in [0.25, 0.3) is 0 Å². The topological polar surface area (TPSA) is 102 Å². The lowest BCUT2D eigenvalue weighted by Gasteiger charge is -2.33. The normalized spacial score (nSPS) is 14.2. The highest BCUT2D eigenvalue weighted by molar-refractivity contribution is 5.77. The van der Waals surface area contributed by atoms with Crippen molar-refractivity contribution in [2.45, 2.75) is 6.42 Å². The summed E-state index contributed by atoms with van der Waals surface area (Å²) in [5.41, 5.74) is -0.128. The molecule has 24 heavy (non-hydrogen) atoms. The highest BCUT2D eigenvalue weighted by Crippen LogP contribution is 2.25. The molecule has 2 amide bonds. The Bertz CT molecular complexity index is 613. The van der Waals surface area contributed by atoms with Crippen LogP contribution in [0.3, 0.4) is 0 Å². The average Bonchev–Trinajstić information content (AvgIpc) is 2.61. The predicted molar refractivity (Wildman–Crippen MR) is 83.8 cm³/mol. The summed E-state index contributed by atoms with van der Waals surface area (Å²) < 4.78 is 10.0. The standard InChI is InChI=1S/C15H19N3O6/c1-23-15(20)17-9-7-16(8-10-17)14(19)6-11-24-13-5-3-2-4-12(13)18(21)22/h2-5H,6-11H2,1H3. The first kappa shape index (κ1) is 17.5. The molecule has 0 aliphatic carbocycles. The number of benzene rings is 1. The number of nitrogens with zero attached hydrogens (tertiary/aromatic N) is 3. The van der Waals surface area contributed by atoms with E-state index in [4.69, 9.17) is 4.74 Å². The van der Waals surface area contributed by atoms with E-state index in [1.807, 2.05) is 0 Å². The van der Waals surface area contributed by atoms with E-state index in [1.54, 1.807) is 17.0 Å². The summed E-state index contributed by atoms with van der Waals surface area (Å²) in [6.07, 6.45) is -0.286. The second-order valence-electron chi connectivity index (χ2n) is 5.16. The number of hydrogen-bond donors (Lipinski definition) is 0. The number of hydrogen-bond acceptors (Lipinski definition) is 6. The second-order valence-corrected chi connectivity index (χ2v) is 5.16. The zero-order valence-electron chi connectivity index (χ0n) is 13.3. The van der Waals surface area contributed by atoms with Crippen molar-refractivity contribution in [3.8, 4) is 5.75 Å². The van der Waals surface area contributed by atoms with Crippen LogP contribution in [0.25, 0.3) is 0 Å². The maximum absolute atomic E-state index is 12.1. The predicted octanol–water partition coefficient (Wildman–Crippen LogP) is 1.27. The number of rotatable bonds is 5. The minimum Gasteiger partial charge on any atom is -0.486 e. The molecule has 0 saturated carbocycles. The van der Waals surface area contributed by atoms with Crippen molar-refractivity contribution in [1.82, 2.24) is 9.80 Å². The fourth-order valence-corrected chi connectivity index (χ4v) is 2.40. The average molecular weight is 337 g/mol. The van der Waals surface area contributed by atoms with E-state index >= 15 is 0 Å². The van der Waals surface area contributed by atoms with E-state index in [0.29, 0.717) is 26.2 Å². The Morgan fingerprint density at radius 2 is 1.79 bits per heavy atom. The molecule has 9 heteroatoms. The van der Waals surface area contributed by atoms with Crippen molar-refractivity contribution >= 4 is 17.7 Å². The molecule has 9 nitrogen and oxygen atoms in total. The van der Waals surface area contributed by atoms with Crippen LogP contribution < -0.4 is 4.74 Å². The van der Waals surface area contributed by atoms with Gasteiger partial charge in [0.1, 0.15) is 0 Å². The molecule has 1 fully saturated rings. The smallest absolute Gasteiger partial charge is 0.409 e. The molecule has 0 spiro atoms. The molecule has 1 aromatic rings. The lowest BCUT2D eigenvalue weighted by Crippen LogP contribution is -2.50. The van der Waals surface area contributed by atoms with E-state index in [0.717, 1.165) is 0 Å². The lowest BCUT2D eigenvalue weighted by molar-refractivity contribution is -0.385. The number of amides is 2. The molecule has 1 aromatic carbocycles. The minimum absolute atomic E-state index is 0.0565. The number of carbonyl (C=O) groups is 2. The minimum atomic E-state index is -0.525. The van der Waals surface area contributed by atoms with Crippen molar-refractivity contribution in [3.63, 3.8) is 0 Å². The molecule has 0 atom stereocenters. The lowest BCUT2D eigenvalue weighted by atomic mass is 10.3. The number of para-hydroxylation sites is 2. The van der Waals surface area contributed by atoms with Crippen LogP contribution in [-0.4, -0.2) is 66.6 Å². The molecular weight excluding hydrogens is 318 g/mol. The van der Waals surface area contributed by atoms with Gasteiger partial charge in [-0.05, 0) is 6.07 Å². The summed E-state index contributed by atoms with van der Waals surface area (Å²) in [5.74, 6) is 0.0314. The third kappa shape index (κ3) is 4.34. The Hall–Kier alpha value is -2.84. The van der Waals surface area contributed by atoms with Gasteiger partial charge in [0.2, 0.25) is 5.91 Å². The van der Waals surface area contributed by atoms with E-state index < -0.39 is 11.0 Å². The van der Waals surface area contributed by atoms with E-state index in [1.165, 1.54) is 24.1 Å². The molecule has 1 aliphatic rings. The van der Waals surface area contributed by atoms with Gasteiger partial charge in [0, 0.05) is 32.2 Å². The first-order valence-corrected chi connectivity index (χ1v) is 7.50. The van der Waals surface area contributed by atoms with Crippen LogP contribution in [0, 0.1) is 10.1 Å². The van der Waals surface area contributed by atoms with Gasteiger partial charge < -0.3 is 19.3 Å². The Morgan fingerprint density at radius 1 is 1.17 bits per heavy atom. The third-order valence-electron chi connectivity index (χ3n) is 3.70. The van der Waals surface area contributed by atoms with Gasteiger partial charge in [-0.25, -0.2) is 4.79 Å². The molecular formula is C15H19N3O6. The van der Waals surface area contributed by atoms with Crippen LogP contribution >= 0.6 is 0 Å². The van der Waals surface area contributed by atoms with Gasteiger partial charge in [-0.2, -0.15) is 0 Å². The van der Waals surface area contributed by atoms with Crippen molar-refractivity contribution in [2.75, 3.05) is 39.9 Å². The van der Waals surface area contributed by atoms with Crippen LogP contribution in [0.5, 0.6) is 5.75 Å². The molecule has 0 bridgehead atoms. The summed E-state index contributed by atoms with van der Waals surface area (Å²) in [5, 5.41) is 10.9. The van der Waals surface area contributed by atoms with E-state index in [2.05, 4.69) is 4.74 Å². The van der Waals surface area contributed by atoms with Crippen LogP contribution in [-0.2, 0) is 9.53 Å². The highest BCUT2D eigenvalue weighted by atomic mass is 16.6. The molecule has 130 valence electrons. The third-order valence-corrected chi connectivity index (χ3v) is 3.70. The molecule has 0 radical (unpaired) electrons. The number of ether oxygens (including phenoxy) is 2. The number of methoxy groups -OCH3 is 1. The molecule has 2 rings (SSSR count). The second kappa shape index (κ2) is 8.14. The quantitative estimate of drug-likeness (QED) is 0.592. The fourth-order valence-electron chi connectivity index (χ4n) is 2.40. The van der Waals surface area contributed by atoms with Crippen LogP contribution in [0.15, 0.2) is 24.3 Å². The molecule has 0 N–H and O–H groups in total. The van der Waals surface area contributed by atoms with Gasteiger partial charge in [0.15, 0.2) is 5.75 Å². The summed E-state index contributed by atoms with van der Waals surface area (Å²) in [6.45, 7) is 1.76. The fraction of sp³-hybridized carbons (Fsp3) is 0.467. The molecule has 1 heterocycles. The number of carbonyl (C=O) groups excluding carboxylic acids is 2. The van der Waals surface area contributed by atoms with Gasteiger partial charge in [-0.1, -0.05) is 12.1 Å². The SMILES string of the molecule is COC(=O)N1CCN(C(=O)CCOc2ccccc2[N+](=O)[O-])CC1. The Labute approximate surface area is 138 Å². The maximum atomic E-state index is 12.1. The zero-order valence-corrected chi connectivity index (χ0v) is 13.3. The summed E-state index contributed by atoms with van der Waals surface area (Å²) in [7, 11) is 1.32. The largest absolute Gasteiger partial charge is 0.486 e. The molecule has 1 saturated heterocycles. The summed E-state index contributed by atoms with van der Waals surface area (Å²) in [4.78, 5) is 37.1. The van der Waals surface area contributed by atoms with E-state index in [9.17, 15) is 19.7 Å². The van der Waals surface area contributed by atoms with Gasteiger partial charge in [-0.3, -0.25) is 14.9 Å². The first-order chi connectivity index (χ1) is 11.5. The highest BCUT2D eigenvalue weighted by Gasteiger charge is 2.24. The number of piperazine rings is 1. The Balaban J connectivity index is 1.78. The van der Waals surface area contributed by atoms with Crippen LogP contribution in [0.4, 0.5) is 10.5 Å². The van der Waals surface area contributed by atoms with Crippen LogP contribution in [0.1, 0.15) is 6.42 Å². The molecule has 0 aromatic heterocycles. The van der Waals surface area contributed by atoms with Crippen molar-refractivity contribution in [3.05, 3.63) is 34.4 Å². The Morgan fingerprint density at radius 3 is 2.42 bits per heavy atom. The van der Waals surface area contributed by atoms with Crippen molar-refractivity contribution in [1.29, 1.82) is 0 Å². The van der Waals surface area contributed by atoms with E-state index in [-0.39, 0.29) is 30.4 Å². The number of nitro groups is 1. The molecule has 0 unspecified atom stereocenters. The Kier molecular flexibility index (Phi) is 5.94. The maximum Gasteiger partial charge on any atom is 0.409 e. The van der Waals surface area contributed by atoms with Gasteiger partial charge >= 0.3 is 11.8 Å². The van der Waals surface area contributed by atoms with Gasteiger partial charge in [0.05, 0.1) is 25.1 Å². The van der Waals surface area contributed by atoms with Crippen LogP contribution in [0.2, 0.25) is 0 Å². The first-order valence-electron chi connectivity index (χ1n) is 7.50. The summed E-state index contributed by atoms with van der Waals surface area (Å²) in [6, 6.07) is 6.04. The number of nitro benzene ring substituents is 1.